The van der Waals surface area contributed by atoms with Crippen LogP contribution < -0.4 is 0 Å². The Labute approximate surface area is 117 Å². The zero-order valence-electron chi connectivity index (χ0n) is 11.8. The molecule has 0 radical (unpaired) electrons. The van der Waals surface area contributed by atoms with Gasteiger partial charge in [-0.05, 0) is 51.1 Å². The molecule has 4 heteroatoms. The molecule has 0 amide bonds. The molecule has 20 heavy (non-hydrogen) atoms. The minimum atomic E-state index is -0.0939. The summed E-state index contributed by atoms with van der Waals surface area (Å²) in [6.07, 6.45) is 3.56. The largest absolute Gasteiger partial charge is 0.508 e. The van der Waals surface area contributed by atoms with Crippen molar-refractivity contribution in [1.29, 1.82) is 0 Å². The third-order valence-corrected chi connectivity index (χ3v) is 3.25. The molecular weight excluding hydrogens is 250 g/mol. The van der Waals surface area contributed by atoms with E-state index in [0.29, 0.717) is 0 Å². The molecule has 2 aromatic heterocycles. The van der Waals surface area contributed by atoms with Gasteiger partial charge in [0.05, 0.1) is 11.7 Å². The number of hydrogen-bond donors (Lipinski definition) is 1. The van der Waals surface area contributed by atoms with E-state index in [2.05, 4.69) is 30.3 Å². The van der Waals surface area contributed by atoms with Crippen molar-refractivity contribution in [2.45, 2.75) is 26.3 Å². The second kappa shape index (κ2) is 4.34. The summed E-state index contributed by atoms with van der Waals surface area (Å²) in [4.78, 5) is 8.84. The fraction of sp³-hybridized carbons (Fsp3) is 0.250. The maximum Gasteiger partial charge on any atom is 0.141 e. The number of phenolic OH excluding ortho intramolecular Hbond substituents is 1. The lowest BCUT2D eigenvalue weighted by Gasteiger charge is -2.24. The van der Waals surface area contributed by atoms with Crippen LogP contribution in [0.3, 0.4) is 0 Å². The number of fused-ring (bicyclic) bond motifs is 1. The zero-order chi connectivity index (χ0) is 14.3. The first-order chi connectivity index (χ1) is 9.47. The van der Waals surface area contributed by atoms with Crippen LogP contribution in [0.15, 0.2) is 42.7 Å². The molecule has 0 unspecified atom stereocenters. The molecule has 0 aliphatic carbocycles. The lowest BCUT2D eigenvalue weighted by Crippen LogP contribution is -2.22. The van der Waals surface area contributed by atoms with Crippen LogP contribution >= 0.6 is 0 Å². The molecule has 0 spiro atoms. The van der Waals surface area contributed by atoms with Crippen molar-refractivity contribution in [3.63, 3.8) is 0 Å². The number of aromatic nitrogens is 3. The van der Waals surface area contributed by atoms with E-state index in [4.69, 9.17) is 4.98 Å². The van der Waals surface area contributed by atoms with Gasteiger partial charge in [-0.15, -0.1) is 0 Å². The topological polar surface area (TPSA) is 50.9 Å². The average molecular weight is 267 g/mol. The van der Waals surface area contributed by atoms with E-state index in [1.165, 1.54) is 0 Å². The molecule has 4 nitrogen and oxygen atoms in total. The van der Waals surface area contributed by atoms with Crippen molar-refractivity contribution in [1.82, 2.24) is 14.5 Å². The molecular formula is C16H17N3O. The second-order valence-corrected chi connectivity index (χ2v) is 5.85. The van der Waals surface area contributed by atoms with E-state index in [9.17, 15) is 5.11 Å². The molecule has 1 N–H and O–H groups in total. The zero-order valence-corrected chi connectivity index (χ0v) is 11.8. The molecule has 0 atom stereocenters. The number of benzene rings is 1. The highest BCUT2D eigenvalue weighted by atomic mass is 16.3. The van der Waals surface area contributed by atoms with Crippen molar-refractivity contribution < 1.29 is 5.11 Å². The van der Waals surface area contributed by atoms with Crippen molar-refractivity contribution in [2.24, 2.45) is 0 Å². The molecule has 0 aliphatic heterocycles. The van der Waals surface area contributed by atoms with Crippen LogP contribution in [0.4, 0.5) is 0 Å². The summed E-state index contributed by atoms with van der Waals surface area (Å²) in [6.45, 7) is 6.45. The third kappa shape index (κ3) is 2.03. The highest BCUT2D eigenvalue weighted by Gasteiger charge is 2.22. The molecule has 0 bridgehead atoms. The molecule has 102 valence electrons. The van der Waals surface area contributed by atoms with E-state index < -0.39 is 0 Å². The fourth-order valence-electron chi connectivity index (χ4n) is 2.42. The first-order valence-electron chi connectivity index (χ1n) is 6.59. The molecule has 0 fully saturated rings. The number of nitrogens with zero attached hydrogens (tertiary/aromatic N) is 3. The lowest BCUT2D eigenvalue weighted by atomic mass is 10.1. The fourth-order valence-corrected chi connectivity index (χ4v) is 2.42. The number of phenols is 1. The van der Waals surface area contributed by atoms with E-state index in [1.54, 1.807) is 24.5 Å². The summed E-state index contributed by atoms with van der Waals surface area (Å²) in [5, 5.41) is 9.44. The van der Waals surface area contributed by atoms with Crippen LogP contribution in [0.25, 0.3) is 22.4 Å². The molecule has 0 aliphatic rings. The van der Waals surface area contributed by atoms with Gasteiger partial charge in [0.2, 0.25) is 0 Å². The predicted octanol–water partition coefficient (Wildman–Crippen LogP) is 3.56. The molecule has 3 rings (SSSR count). The summed E-state index contributed by atoms with van der Waals surface area (Å²) in [7, 11) is 0. The van der Waals surface area contributed by atoms with E-state index >= 15 is 0 Å². The van der Waals surface area contributed by atoms with E-state index in [0.717, 1.165) is 22.4 Å². The Morgan fingerprint density at radius 2 is 1.75 bits per heavy atom. The van der Waals surface area contributed by atoms with Gasteiger partial charge in [0.15, 0.2) is 0 Å². The average Bonchev–Trinajstić information content (AvgIpc) is 2.78. The number of imidazole rings is 1. The monoisotopic (exact) mass is 267 g/mol. The Balaban J connectivity index is 2.32. The predicted molar refractivity (Wildman–Crippen MR) is 79.6 cm³/mol. The van der Waals surface area contributed by atoms with Gasteiger partial charge in [-0.3, -0.25) is 4.98 Å². The van der Waals surface area contributed by atoms with Crippen molar-refractivity contribution in [3.05, 3.63) is 42.7 Å². The lowest BCUT2D eigenvalue weighted by molar-refractivity contribution is 0.413. The van der Waals surface area contributed by atoms with Crippen molar-refractivity contribution in [2.75, 3.05) is 0 Å². The van der Waals surface area contributed by atoms with Crippen LogP contribution in [0, 0.1) is 0 Å². The van der Waals surface area contributed by atoms with Gasteiger partial charge >= 0.3 is 0 Å². The molecule has 3 aromatic rings. The maximum atomic E-state index is 9.44. The molecule has 0 saturated carbocycles. The normalized spacial score (nSPS) is 11.9. The summed E-state index contributed by atoms with van der Waals surface area (Å²) < 4.78 is 2.20. The highest BCUT2D eigenvalue weighted by Crippen LogP contribution is 2.31. The first kappa shape index (κ1) is 12.7. The maximum absolute atomic E-state index is 9.44. The summed E-state index contributed by atoms with van der Waals surface area (Å²) in [6, 6.07) is 9.11. The summed E-state index contributed by atoms with van der Waals surface area (Å²) in [5.41, 5.74) is 2.83. The van der Waals surface area contributed by atoms with Gasteiger partial charge in [-0.25, -0.2) is 4.98 Å². The Morgan fingerprint density at radius 1 is 1.05 bits per heavy atom. The number of rotatable bonds is 1. The Morgan fingerprint density at radius 3 is 2.40 bits per heavy atom. The molecule has 2 heterocycles. The minimum absolute atomic E-state index is 0.0939. The van der Waals surface area contributed by atoms with Gasteiger partial charge in [-0.1, -0.05) is 0 Å². The number of aromatic hydroxyl groups is 1. The van der Waals surface area contributed by atoms with Gasteiger partial charge in [-0.2, -0.15) is 0 Å². The summed E-state index contributed by atoms with van der Waals surface area (Å²) in [5.74, 6) is 1.15. The quantitative estimate of drug-likeness (QED) is 0.733. The van der Waals surface area contributed by atoms with Crippen LogP contribution in [0.5, 0.6) is 5.75 Å². The van der Waals surface area contributed by atoms with Crippen molar-refractivity contribution in [3.8, 4) is 17.1 Å². The van der Waals surface area contributed by atoms with Gasteiger partial charge in [0.1, 0.15) is 17.1 Å². The smallest absolute Gasteiger partial charge is 0.141 e. The van der Waals surface area contributed by atoms with Gasteiger partial charge < -0.3 is 9.67 Å². The standard InChI is InChI=1S/C16H17N3O/c1-16(2,3)19-14-8-9-17-10-13(14)18-15(19)11-4-6-12(20)7-5-11/h4-10,20H,1-3H3. The first-order valence-corrected chi connectivity index (χ1v) is 6.59. The number of pyridine rings is 1. The van der Waals surface area contributed by atoms with Gasteiger partial charge in [0.25, 0.3) is 0 Å². The van der Waals surface area contributed by atoms with E-state index in [1.807, 2.05) is 18.2 Å². The Bertz CT molecular complexity index is 751. The van der Waals surface area contributed by atoms with Gasteiger partial charge in [0, 0.05) is 17.3 Å². The van der Waals surface area contributed by atoms with Crippen LogP contribution in [-0.4, -0.2) is 19.6 Å². The van der Waals surface area contributed by atoms with E-state index in [-0.39, 0.29) is 11.3 Å². The molecule has 1 aromatic carbocycles. The second-order valence-electron chi connectivity index (χ2n) is 5.85. The Kier molecular flexibility index (Phi) is 2.74. The van der Waals surface area contributed by atoms with Crippen LogP contribution in [0.1, 0.15) is 20.8 Å². The van der Waals surface area contributed by atoms with Crippen LogP contribution in [0.2, 0.25) is 0 Å². The van der Waals surface area contributed by atoms with Crippen molar-refractivity contribution >= 4 is 11.0 Å². The van der Waals surface area contributed by atoms with Crippen LogP contribution in [-0.2, 0) is 5.54 Å². The minimum Gasteiger partial charge on any atom is -0.508 e. The SMILES string of the molecule is CC(C)(C)n1c(-c2ccc(O)cc2)nc2cnccc21. The highest BCUT2D eigenvalue weighted by molar-refractivity contribution is 5.80. The Hall–Kier alpha value is -2.36. The number of hydrogen-bond acceptors (Lipinski definition) is 3. The molecule has 0 saturated heterocycles. The summed E-state index contributed by atoms with van der Waals surface area (Å²) >= 11 is 0. The third-order valence-electron chi connectivity index (χ3n) is 3.25.